The van der Waals surface area contributed by atoms with Crippen LogP contribution in [0.3, 0.4) is 0 Å². The van der Waals surface area contributed by atoms with Crippen LogP contribution in [0.25, 0.3) is 0 Å². The molecule has 3 aromatic carbocycles. The Morgan fingerprint density at radius 2 is 1.62 bits per heavy atom. The minimum absolute atomic E-state index is 0.0465. The second-order valence-electron chi connectivity index (χ2n) is 6.68. The molecule has 0 unspecified atom stereocenters. The summed E-state index contributed by atoms with van der Waals surface area (Å²) in [6.45, 7) is -0.731. The quantitative estimate of drug-likeness (QED) is 0.191. The molecule has 0 bridgehead atoms. The van der Waals surface area contributed by atoms with Crippen molar-refractivity contribution in [1.82, 2.24) is 0 Å². The van der Waals surface area contributed by atoms with Crippen molar-refractivity contribution in [1.29, 1.82) is 0 Å². The molecule has 0 atom stereocenters. The number of carbonyl (C=O) groups is 2. The summed E-state index contributed by atoms with van der Waals surface area (Å²) in [6.07, 6.45) is 0. The summed E-state index contributed by atoms with van der Waals surface area (Å²) in [7, 11) is -4.31. The van der Waals surface area contributed by atoms with E-state index in [-0.39, 0.29) is 32.5 Å². The Balaban J connectivity index is 1.78. The van der Waals surface area contributed by atoms with Crippen LogP contribution >= 0.6 is 23.2 Å². The van der Waals surface area contributed by atoms with Crippen LogP contribution in [-0.2, 0) is 14.8 Å². The van der Waals surface area contributed by atoms with Gasteiger partial charge < -0.3 is 4.74 Å². The average Bonchev–Trinajstić information content (AvgIpc) is 2.78. The first kappa shape index (κ1) is 25.1. The summed E-state index contributed by atoms with van der Waals surface area (Å²) in [4.78, 5) is 34.3. The predicted molar refractivity (Wildman–Crippen MR) is 121 cm³/mol. The van der Waals surface area contributed by atoms with Crippen molar-refractivity contribution in [3.8, 4) is 0 Å². The number of esters is 1. The van der Waals surface area contributed by atoms with Gasteiger partial charge in [-0.1, -0.05) is 23.2 Å². The Labute approximate surface area is 202 Å². The van der Waals surface area contributed by atoms with E-state index in [1.165, 1.54) is 24.3 Å². The van der Waals surface area contributed by atoms with Gasteiger partial charge in [0.25, 0.3) is 15.7 Å². The molecule has 0 fully saturated rings. The lowest BCUT2D eigenvalue weighted by molar-refractivity contribution is -0.384. The first-order valence-corrected chi connectivity index (χ1v) is 11.4. The van der Waals surface area contributed by atoms with Gasteiger partial charge in [-0.3, -0.25) is 19.6 Å². The number of hydrogen-bond donors (Lipinski definition) is 1. The Kier molecular flexibility index (Phi) is 7.50. The van der Waals surface area contributed by atoms with Gasteiger partial charge in [0.05, 0.1) is 20.5 Å². The van der Waals surface area contributed by atoms with Gasteiger partial charge in [-0.25, -0.2) is 17.6 Å². The third-order valence-corrected chi connectivity index (χ3v) is 6.52. The fourth-order valence-electron chi connectivity index (χ4n) is 2.68. The van der Waals surface area contributed by atoms with Crippen LogP contribution in [0.4, 0.5) is 15.8 Å². The number of rotatable bonds is 8. The number of anilines is 1. The third kappa shape index (κ3) is 5.87. The molecule has 3 aromatic rings. The SMILES string of the molecule is O=C(COC(=O)c1cc(S(=O)(=O)Nc2ccc(F)cc2)c(Cl)cc1Cl)c1ccc([N+](=O)[O-])cc1. The highest BCUT2D eigenvalue weighted by Crippen LogP contribution is 2.30. The fraction of sp³-hybridized carbons (Fsp3) is 0.0476. The zero-order valence-electron chi connectivity index (χ0n) is 16.8. The zero-order chi connectivity index (χ0) is 25.0. The molecular formula is C21H13Cl2FN2O7S. The molecule has 0 aromatic heterocycles. The Morgan fingerprint density at radius 3 is 2.21 bits per heavy atom. The van der Waals surface area contributed by atoms with Crippen LogP contribution < -0.4 is 4.72 Å². The number of sulfonamides is 1. The number of hydrogen-bond acceptors (Lipinski definition) is 7. The summed E-state index contributed by atoms with van der Waals surface area (Å²) in [5.74, 6) is -2.32. The topological polar surface area (TPSA) is 133 Å². The van der Waals surface area contributed by atoms with Gasteiger partial charge in [-0.2, -0.15) is 0 Å². The first-order chi connectivity index (χ1) is 16.0. The molecule has 13 heteroatoms. The van der Waals surface area contributed by atoms with Crippen LogP contribution in [-0.4, -0.2) is 31.7 Å². The van der Waals surface area contributed by atoms with E-state index in [2.05, 4.69) is 4.72 Å². The first-order valence-electron chi connectivity index (χ1n) is 9.20. The molecule has 0 amide bonds. The monoisotopic (exact) mass is 526 g/mol. The Bertz CT molecular complexity index is 1380. The van der Waals surface area contributed by atoms with Gasteiger partial charge in [0.1, 0.15) is 10.7 Å². The summed E-state index contributed by atoms with van der Waals surface area (Å²) in [6, 6.07) is 11.0. The number of non-ortho nitro benzene ring substituents is 1. The molecule has 3 rings (SSSR count). The standard InChI is InChI=1S/C21H13Cl2FN2O7S/c22-17-10-18(23)20(34(31,32)25-14-5-3-13(24)4-6-14)9-16(17)21(28)33-11-19(27)12-1-7-15(8-2-12)26(29)30/h1-10,25H,11H2. The van der Waals surface area contributed by atoms with E-state index in [4.69, 9.17) is 27.9 Å². The Morgan fingerprint density at radius 1 is 1.00 bits per heavy atom. The van der Waals surface area contributed by atoms with Crippen molar-refractivity contribution in [3.05, 3.63) is 97.8 Å². The van der Waals surface area contributed by atoms with Crippen molar-refractivity contribution in [2.45, 2.75) is 4.90 Å². The number of ether oxygens (including phenoxy) is 1. The highest BCUT2D eigenvalue weighted by atomic mass is 35.5. The second kappa shape index (κ2) is 10.2. The molecule has 0 saturated carbocycles. The number of nitrogens with zero attached hydrogens (tertiary/aromatic N) is 1. The minimum Gasteiger partial charge on any atom is -0.454 e. The van der Waals surface area contributed by atoms with Crippen molar-refractivity contribution in [3.63, 3.8) is 0 Å². The summed E-state index contributed by atoms with van der Waals surface area (Å²) < 4.78 is 45.7. The maximum absolute atomic E-state index is 13.1. The van der Waals surface area contributed by atoms with E-state index in [1.807, 2.05) is 0 Å². The highest BCUT2D eigenvalue weighted by molar-refractivity contribution is 7.92. The van der Waals surface area contributed by atoms with Gasteiger partial charge in [0, 0.05) is 23.4 Å². The van der Waals surface area contributed by atoms with Crippen LogP contribution in [0.1, 0.15) is 20.7 Å². The number of halogens is 3. The summed E-state index contributed by atoms with van der Waals surface area (Å²) in [5.41, 5.74) is -0.482. The van der Waals surface area contributed by atoms with E-state index in [0.717, 1.165) is 36.4 Å². The lowest BCUT2D eigenvalue weighted by atomic mass is 10.1. The molecular weight excluding hydrogens is 514 g/mol. The third-order valence-electron chi connectivity index (χ3n) is 4.36. The minimum atomic E-state index is -4.31. The molecule has 0 heterocycles. The Hall–Kier alpha value is -3.54. The second-order valence-corrected chi connectivity index (χ2v) is 9.14. The fourth-order valence-corrected chi connectivity index (χ4v) is 4.59. The number of carbonyl (C=O) groups excluding carboxylic acids is 2. The highest BCUT2D eigenvalue weighted by Gasteiger charge is 2.24. The van der Waals surface area contributed by atoms with E-state index < -0.39 is 44.0 Å². The maximum atomic E-state index is 13.1. The predicted octanol–water partition coefficient (Wildman–Crippen LogP) is 4.88. The average molecular weight is 527 g/mol. The van der Waals surface area contributed by atoms with Crippen LogP contribution in [0.15, 0.2) is 65.6 Å². The van der Waals surface area contributed by atoms with Crippen LogP contribution in [0.2, 0.25) is 10.0 Å². The molecule has 0 saturated heterocycles. The number of ketones is 1. The van der Waals surface area contributed by atoms with Crippen LogP contribution in [0.5, 0.6) is 0 Å². The van der Waals surface area contributed by atoms with E-state index in [0.29, 0.717) is 0 Å². The van der Waals surface area contributed by atoms with Gasteiger partial charge in [-0.05, 0) is 48.5 Å². The smallest absolute Gasteiger partial charge is 0.340 e. The van der Waals surface area contributed by atoms with Crippen molar-refractivity contribution >= 4 is 56.4 Å². The lowest BCUT2D eigenvalue weighted by Crippen LogP contribution is -2.17. The number of Topliss-reactive ketones (excluding diaryl/α,β-unsaturated/α-hetero) is 1. The number of benzene rings is 3. The van der Waals surface area contributed by atoms with Gasteiger partial charge in [0.15, 0.2) is 12.4 Å². The van der Waals surface area contributed by atoms with Crippen molar-refractivity contribution in [2.75, 3.05) is 11.3 Å². The maximum Gasteiger partial charge on any atom is 0.340 e. The van der Waals surface area contributed by atoms with Gasteiger partial charge in [0.2, 0.25) is 0 Å². The molecule has 0 spiro atoms. The molecule has 0 radical (unpaired) electrons. The number of nitrogens with one attached hydrogen (secondary N) is 1. The molecule has 0 aliphatic heterocycles. The van der Waals surface area contributed by atoms with Crippen molar-refractivity contribution in [2.24, 2.45) is 0 Å². The summed E-state index contributed by atoms with van der Waals surface area (Å²) >= 11 is 12.0. The van der Waals surface area contributed by atoms with Crippen molar-refractivity contribution < 1.29 is 32.1 Å². The van der Waals surface area contributed by atoms with E-state index in [9.17, 15) is 32.5 Å². The van der Waals surface area contributed by atoms with E-state index >= 15 is 0 Å². The van der Waals surface area contributed by atoms with Gasteiger partial charge >= 0.3 is 5.97 Å². The lowest BCUT2D eigenvalue weighted by Gasteiger charge is -2.12. The molecule has 9 nitrogen and oxygen atoms in total. The number of nitro benzene ring substituents is 1. The molecule has 0 aliphatic rings. The molecule has 0 aliphatic carbocycles. The molecule has 34 heavy (non-hydrogen) atoms. The largest absolute Gasteiger partial charge is 0.454 e. The molecule has 176 valence electrons. The molecule has 1 N–H and O–H groups in total. The van der Waals surface area contributed by atoms with E-state index in [1.54, 1.807) is 0 Å². The van der Waals surface area contributed by atoms with Crippen LogP contribution in [0, 0.1) is 15.9 Å². The normalized spacial score (nSPS) is 11.0. The zero-order valence-corrected chi connectivity index (χ0v) is 19.2. The number of nitro groups is 1. The van der Waals surface area contributed by atoms with Gasteiger partial charge in [-0.15, -0.1) is 0 Å². The summed E-state index contributed by atoms with van der Waals surface area (Å²) in [5, 5.41) is 10.2.